The summed E-state index contributed by atoms with van der Waals surface area (Å²) >= 11 is 0. The van der Waals surface area contributed by atoms with Gasteiger partial charge in [0.2, 0.25) is 5.91 Å². The average molecular weight is 401 g/mol. The number of hydrogen-bond acceptors (Lipinski definition) is 4. The highest BCUT2D eigenvalue weighted by atomic mass is 31.2. The van der Waals surface area contributed by atoms with E-state index in [-0.39, 0.29) is 25.2 Å². The van der Waals surface area contributed by atoms with Gasteiger partial charge in [0.25, 0.3) is 0 Å². The Labute approximate surface area is 167 Å². The summed E-state index contributed by atoms with van der Waals surface area (Å²) in [6, 6.07) is 19.4. The first-order valence-electron chi connectivity index (χ1n) is 9.72. The lowest BCUT2D eigenvalue weighted by Gasteiger charge is -2.59. The lowest BCUT2D eigenvalue weighted by atomic mass is 9.76. The number of hydrogen-bond donors (Lipinski definition) is 0. The van der Waals surface area contributed by atoms with Crippen molar-refractivity contribution >= 4 is 13.5 Å². The fraction of sp³-hybridized carbons (Fsp3) is 0.409. The van der Waals surface area contributed by atoms with Crippen molar-refractivity contribution in [2.75, 3.05) is 13.2 Å². The molecule has 2 aromatic rings. The van der Waals surface area contributed by atoms with E-state index in [4.69, 9.17) is 9.05 Å². The smallest absolute Gasteiger partial charge is 0.324 e. The third-order valence-corrected chi connectivity index (χ3v) is 8.06. The van der Waals surface area contributed by atoms with Crippen LogP contribution in [0.5, 0.6) is 0 Å². The van der Waals surface area contributed by atoms with Gasteiger partial charge in [0.15, 0.2) is 5.66 Å². The number of benzene rings is 2. The van der Waals surface area contributed by atoms with Crippen LogP contribution in [0.4, 0.5) is 0 Å². The number of rotatable bonds is 8. The Balaban J connectivity index is 2.09. The summed E-state index contributed by atoms with van der Waals surface area (Å²) in [6.45, 7) is 7.92. The Bertz CT molecular complexity index is 847. The number of β-lactam (4-membered cyclic amide) rings is 1. The van der Waals surface area contributed by atoms with Gasteiger partial charge in [-0.15, -0.1) is 0 Å². The van der Waals surface area contributed by atoms with E-state index in [1.165, 1.54) is 0 Å². The topological polar surface area (TPSA) is 55.8 Å². The van der Waals surface area contributed by atoms with Crippen LogP contribution in [-0.4, -0.2) is 29.7 Å². The molecule has 2 unspecified atom stereocenters. The molecule has 5 nitrogen and oxygen atoms in total. The molecule has 1 saturated heterocycles. The molecule has 1 heterocycles. The molecule has 1 fully saturated rings. The van der Waals surface area contributed by atoms with Crippen molar-refractivity contribution in [3.63, 3.8) is 0 Å². The molecule has 0 saturated carbocycles. The van der Waals surface area contributed by atoms with E-state index in [0.717, 1.165) is 11.1 Å². The summed E-state index contributed by atoms with van der Waals surface area (Å²) in [5.41, 5.74) is 0.280. The lowest BCUT2D eigenvalue weighted by molar-refractivity contribution is -0.161. The maximum absolute atomic E-state index is 13.6. The van der Waals surface area contributed by atoms with Crippen LogP contribution in [-0.2, 0) is 23.9 Å². The molecule has 2 aromatic carbocycles. The van der Waals surface area contributed by atoms with E-state index in [1.54, 1.807) is 13.8 Å². The maximum Gasteiger partial charge on any atom is 0.345 e. The fourth-order valence-electron chi connectivity index (χ4n) is 4.20. The molecule has 3 rings (SSSR count). The van der Waals surface area contributed by atoms with Crippen LogP contribution in [0.1, 0.15) is 44.9 Å². The molecule has 28 heavy (non-hydrogen) atoms. The van der Waals surface area contributed by atoms with E-state index in [1.807, 2.05) is 79.4 Å². The van der Waals surface area contributed by atoms with Crippen LogP contribution in [0.15, 0.2) is 60.7 Å². The maximum atomic E-state index is 13.6. The zero-order chi connectivity index (χ0) is 20.4. The van der Waals surface area contributed by atoms with Crippen LogP contribution < -0.4 is 0 Å². The minimum absolute atomic E-state index is 0.174. The Kier molecular flexibility index (Phi) is 6.09. The second kappa shape index (κ2) is 8.20. The molecule has 1 aliphatic heterocycles. The number of amides is 1. The van der Waals surface area contributed by atoms with Gasteiger partial charge in [-0.05, 0) is 38.8 Å². The zero-order valence-corrected chi connectivity index (χ0v) is 17.8. The van der Waals surface area contributed by atoms with Gasteiger partial charge in [0.1, 0.15) is 0 Å². The van der Waals surface area contributed by atoms with Gasteiger partial charge in [-0.3, -0.25) is 9.36 Å². The van der Waals surface area contributed by atoms with Crippen molar-refractivity contribution < 1.29 is 18.4 Å². The normalized spacial score (nSPS) is 23.4. The van der Waals surface area contributed by atoms with Gasteiger partial charge in [-0.25, -0.2) is 0 Å². The van der Waals surface area contributed by atoms with Crippen molar-refractivity contribution in [1.82, 2.24) is 4.90 Å². The second-order valence-electron chi connectivity index (χ2n) is 7.09. The molecule has 0 radical (unpaired) electrons. The summed E-state index contributed by atoms with van der Waals surface area (Å²) in [6.07, 6.45) is 0. The van der Waals surface area contributed by atoms with Crippen molar-refractivity contribution in [1.29, 1.82) is 0 Å². The Morgan fingerprint density at radius 2 is 1.50 bits per heavy atom. The van der Waals surface area contributed by atoms with E-state index >= 15 is 0 Å². The van der Waals surface area contributed by atoms with Crippen molar-refractivity contribution in [2.24, 2.45) is 0 Å². The summed E-state index contributed by atoms with van der Waals surface area (Å²) in [5, 5.41) is 0. The predicted molar refractivity (Wildman–Crippen MR) is 110 cm³/mol. The third kappa shape index (κ3) is 3.32. The molecule has 1 amide bonds. The summed E-state index contributed by atoms with van der Waals surface area (Å²) in [5.74, 6) is -0.201. The second-order valence-corrected chi connectivity index (χ2v) is 9.20. The first-order chi connectivity index (χ1) is 13.4. The predicted octanol–water partition coefficient (Wildman–Crippen LogP) is 5.14. The van der Waals surface area contributed by atoms with Crippen LogP contribution in [0.3, 0.4) is 0 Å². The molecule has 1 aliphatic rings. The van der Waals surface area contributed by atoms with Crippen LogP contribution in [0.25, 0.3) is 0 Å². The molecular weight excluding hydrogens is 373 g/mol. The molecule has 150 valence electrons. The number of likely N-dealkylation sites (tertiary alicyclic amines) is 1. The summed E-state index contributed by atoms with van der Waals surface area (Å²) in [4.78, 5) is 15.2. The van der Waals surface area contributed by atoms with Gasteiger partial charge in [-0.1, -0.05) is 60.7 Å². The van der Waals surface area contributed by atoms with Crippen molar-refractivity contribution in [3.05, 3.63) is 71.8 Å². The van der Waals surface area contributed by atoms with Gasteiger partial charge < -0.3 is 13.9 Å². The molecule has 6 heteroatoms. The summed E-state index contributed by atoms with van der Waals surface area (Å²) in [7, 11) is -3.63. The van der Waals surface area contributed by atoms with Gasteiger partial charge in [-0.2, -0.15) is 0 Å². The quantitative estimate of drug-likeness (QED) is 0.454. The molecule has 0 aliphatic carbocycles. The highest BCUT2D eigenvalue weighted by Crippen LogP contribution is 2.66. The van der Waals surface area contributed by atoms with Gasteiger partial charge in [0.05, 0.1) is 24.8 Å². The van der Waals surface area contributed by atoms with E-state index < -0.39 is 18.8 Å². The van der Waals surface area contributed by atoms with Crippen LogP contribution in [0.2, 0.25) is 0 Å². The highest BCUT2D eigenvalue weighted by Gasteiger charge is 2.67. The van der Waals surface area contributed by atoms with E-state index in [0.29, 0.717) is 0 Å². The van der Waals surface area contributed by atoms with E-state index in [9.17, 15) is 9.36 Å². The van der Waals surface area contributed by atoms with Gasteiger partial charge in [0, 0.05) is 0 Å². The third-order valence-electron chi connectivity index (χ3n) is 5.47. The molecule has 0 spiro atoms. The Hall–Kier alpha value is -1.94. The first-order valence-corrected chi connectivity index (χ1v) is 11.3. The number of carbonyl (C=O) groups is 1. The van der Waals surface area contributed by atoms with Crippen molar-refractivity contribution in [3.8, 4) is 0 Å². The zero-order valence-electron chi connectivity index (χ0n) is 16.9. The lowest BCUT2D eigenvalue weighted by Crippen LogP contribution is -2.70. The van der Waals surface area contributed by atoms with Crippen LogP contribution in [0, 0.1) is 0 Å². The largest absolute Gasteiger partial charge is 0.345 e. The fourth-order valence-corrected chi connectivity index (χ4v) is 6.58. The summed E-state index contributed by atoms with van der Waals surface area (Å²) < 4.78 is 24.8. The Morgan fingerprint density at radius 3 is 2.00 bits per heavy atom. The van der Waals surface area contributed by atoms with Crippen LogP contribution >= 0.6 is 7.60 Å². The van der Waals surface area contributed by atoms with Gasteiger partial charge >= 0.3 is 7.60 Å². The molecule has 0 bridgehead atoms. The molecular formula is C22H28NO4P. The molecule has 3 atom stereocenters. The number of nitrogens with zero attached hydrogens (tertiary/aromatic N) is 1. The van der Waals surface area contributed by atoms with Crippen molar-refractivity contribution in [2.45, 2.75) is 44.9 Å². The highest BCUT2D eigenvalue weighted by molar-refractivity contribution is 7.56. The molecule has 0 N–H and O–H groups in total. The standard InChI is InChI=1S/C22H28NO4P/c1-5-26-28(25,27-6-2)20-21(24)23(17(3)18-13-9-7-10-14-18)22(20,4)19-15-11-8-12-16-19/h7-17,20H,5-6H2,1-4H3/t17?,20?,22-/m1/s1. The Morgan fingerprint density at radius 1 is 1.00 bits per heavy atom. The monoisotopic (exact) mass is 401 g/mol. The average Bonchev–Trinajstić information content (AvgIpc) is 2.69. The minimum atomic E-state index is -3.63. The number of carbonyl (C=O) groups excluding carboxylic acids is 1. The SMILES string of the molecule is CCOP(=O)(OCC)C1C(=O)N(C(C)c2ccccc2)[C@]1(C)c1ccccc1. The van der Waals surface area contributed by atoms with E-state index in [2.05, 4.69) is 0 Å². The minimum Gasteiger partial charge on any atom is -0.324 e. The first kappa shape index (κ1) is 20.8. The molecule has 0 aromatic heterocycles.